The van der Waals surface area contributed by atoms with Crippen LogP contribution in [0.25, 0.3) is 22.0 Å². The van der Waals surface area contributed by atoms with Gasteiger partial charge in [0.2, 0.25) is 0 Å². The van der Waals surface area contributed by atoms with Crippen molar-refractivity contribution in [2.24, 2.45) is 0 Å². The smallest absolute Gasteiger partial charge is 0.270 e. The molecule has 29 heavy (non-hydrogen) atoms. The molecule has 0 aliphatic carbocycles. The topological polar surface area (TPSA) is 77.0 Å². The maximum Gasteiger partial charge on any atom is 0.270 e. The first-order chi connectivity index (χ1) is 14.2. The number of carbonyl (C=O) groups is 1. The maximum atomic E-state index is 13.0. The number of methoxy groups -OCH3 is 1. The minimum Gasteiger partial charge on any atom is -0.496 e. The summed E-state index contributed by atoms with van der Waals surface area (Å²) in [6.07, 6.45) is 6.88. The Labute approximate surface area is 168 Å². The molecule has 0 radical (unpaired) electrons. The van der Waals surface area contributed by atoms with Crippen LogP contribution in [0, 0.1) is 0 Å². The average Bonchev–Trinajstić information content (AvgIpc) is 2.78. The second kappa shape index (κ2) is 8.06. The molecule has 4 aromatic rings. The van der Waals surface area contributed by atoms with Gasteiger partial charge in [-0.3, -0.25) is 14.8 Å². The third-order valence-electron chi connectivity index (χ3n) is 4.79. The lowest BCUT2D eigenvalue weighted by Crippen LogP contribution is -2.27. The predicted molar refractivity (Wildman–Crippen MR) is 112 cm³/mol. The normalized spacial score (nSPS) is 11.8. The van der Waals surface area contributed by atoms with Gasteiger partial charge in [-0.2, -0.15) is 0 Å². The molecule has 0 fully saturated rings. The summed E-state index contributed by atoms with van der Waals surface area (Å²) >= 11 is 0. The number of rotatable bonds is 5. The van der Waals surface area contributed by atoms with Crippen LogP contribution in [0.1, 0.15) is 29.0 Å². The van der Waals surface area contributed by atoms with Crippen molar-refractivity contribution in [2.75, 3.05) is 7.11 Å². The van der Waals surface area contributed by atoms with Gasteiger partial charge in [0.05, 0.1) is 18.7 Å². The number of amides is 1. The molecule has 0 bridgehead atoms. The number of hydrogen-bond donors (Lipinski definition) is 1. The quantitative estimate of drug-likeness (QED) is 0.558. The first kappa shape index (κ1) is 18.6. The number of hydrogen-bond acceptors (Lipinski definition) is 5. The van der Waals surface area contributed by atoms with Crippen molar-refractivity contribution in [1.82, 2.24) is 20.3 Å². The van der Waals surface area contributed by atoms with Crippen LogP contribution in [0.2, 0.25) is 0 Å². The van der Waals surface area contributed by atoms with Gasteiger partial charge in [-0.05, 0) is 48.4 Å². The van der Waals surface area contributed by atoms with Crippen molar-refractivity contribution in [3.63, 3.8) is 0 Å². The first-order valence-corrected chi connectivity index (χ1v) is 9.26. The Kier molecular flexibility index (Phi) is 5.16. The van der Waals surface area contributed by atoms with Gasteiger partial charge in [-0.1, -0.05) is 18.2 Å². The van der Waals surface area contributed by atoms with E-state index in [1.165, 1.54) is 0 Å². The first-order valence-electron chi connectivity index (χ1n) is 9.26. The Morgan fingerprint density at radius 3 is 2.59 bits per heavy atom. The molecular formula is C23H20N4O2. The Morgan fingerprint density at radius 2 is 1.79 bits per heavy atom. The van der Waals surface area contributed by atoms with Crippen molar-refractivity contribution in [3.8, 4) is 16.9 Å². The van der Waals surface area contributed by atoms with Crippen LogP contribution in [0.5, 0.6) is 5.75 Å². The standard InChI is InChI=1S/C23H20N4O2/c1-15(17-5-3-4-6-22(17)29-2)26-23(28)21-13-18(16-7-10-24-11-8-16)19-14-25-12-9-20(19)27-21/h3-15H,1-2H3,(H,26,28)/t15-/m1/s1. The fraction of sp³-hybridized carbons (Fsp3) is 0.130. The van der Waals surface area contributed by atoms with Gasteiger partial charge in [0, 0.05) is 35.7 Å². The van der Waals surface area contributed by atoms with Gasteiger partial charge < -0.3 is 10.1 Å². The van der Waals surface area contributed by atoms with E-state index >= 15 is 0 Å². The molecule has 1 amide bonds. The van der Waals surface area contributed by atoms with Crippen LogP contribution in [-0.4, -0.2) is 28.0 Å². The number of fused-ring (bicyclic) bond motifs is 1. The summed E-state index contributed by atoms with van der Waals surface area (Å²) in [4.78, 5) is 25.9. The molecule has 0 saturated carbocycles. The Morgan fingerprint density at radius 1 is 1.03 bits per heavy atom. The number of nitrogens with one attached hydrogen (secondary N) is 1. The van der Waals surface area contributed by atoms with Gasteiger partial charge >= 0.3 is 0 Å². The van der Waals surface area contributed by atoms with Gasteiger partial charge in [-0.15, -0.1) is 0 Å². The molecule has 6 nitrogen and oxygen atoms in total. The SMILES string of the molecule is COc1ccccc1[C@@H](C)NC(=O)c1cc(-c2ccncc2)c2cnccc2n1. The van der Waals surface area contributed by atoms with E-state index in [-0.39, 0.29) is 11.9 Å². The van der Waals surface area contributed by atoms with Crippen molar-refractivity contribution < 1.29 is 9.53 Å². The largest absolute Gasteiger partial charge is 0.496 e. The summed E-state index contributed by atoms with van der Waals surface area (Å²) in [5.41, 5.74) is 3.80. The molecule has 0 unspecified atom stereocenters. The van der Waals surface area contributed by atoms with Crippen LogP contribution in [-0.2, 0) is 0 Å². The van der Waals surface area contributed by atoms with Crippen molar-refractivity contribution >= 4 is 16.8 Å². The summed E-state index contributed by atoms with van der Waals surface area (Å²) in [5, 5.41) is 3.90. The molecule has 1 aromatic carbocycles. The van der Waals surface area contributed by atoms with Crippen molar-refractivity contribution in [1.29, 1.82) is 0 Å². The zero-order valence-corrected chi connectivity index (χ0v) is 16.2. The highest BCUT2D eigenvalue weighted by Crippen LogP contribution is 2.28. The van der Waals surface area contributed by atoms with E-state index < -0.39 is 0 Å². The Bertz CT molecular complexity index is 1160. The average molecular weight is 384 g/mol. The van der Waals surface area contributed by atoms with Crippen LogP contribution in [0.15, 0.2) is 73.3 Å². The molecule has 0 aliphatic rings. The minimum atomic E-state index is -0.252. The molecule has 4 rings (SSSR count). The molecule has 1 N–H and O–H groups in total. The van der Waals surface area contributed by atoms with Gasteiger partial charge in [0.1, 0.15) is 11.4 Å². The number of nitrogens with zero attached hydrogens (tertiary/aromatic N) is 3. The summed E-state index contributed by atoms with van der Waals surface area (Å²) in [6.45, 7) is 1.92. The highest BCUT2D eigenvalue weighted by molar-refractivity contribution is 6.01. The molecule has 0 spiro atoms. The summed E-state index contributed by atoms with van der Waals surface area (Å²) in [5.74, 6) is 0.479. The number of benzene rings is 1. The monoisotopic (exact) mass is 384 g/mol. The number of ether oxygens (including phenoxy) is 1. The highest BCUT2D eigenvalue weighted by Gasteiger charge is 2.18. The molecular weight excluding hydrogens is 364 g/mol. The van der Waals surface area contributed by atoms with E-state index in [2.05, 4.69) is 20.3 Å². The zero-order valence-electron chi connectivity index (χ0n) is 16.2. The molecule has 1 atom stereocenters. The molecule has 144 valence electrons. The van der Waals surface area contributed by atoms with E-state index in [0.29, 0.717) is 11.2 Å². The molecule has 3 heterocycles. The molecule has 6 heteroatoms. The van der Waals surface area contributed by atoms with E-state index in [4.69, 9.17) is 4.74 Å². The third-order valence-corrected chi connectivity index (χ3v) is 4.79. The fourth-order valence-corrected chi connectivity index (χ4v) is 3.33. The van der Waals surface area contributed by atoms with Crippen molar-refractivity contribution in [3.05, 3.63) is 84.6 Å². The Balaban J connectivity index is 1.71. The van der Waals surface area contributed by atoms with Crippen LogP contribution < -0.4 is 10.1 Å². The van der Waals surface area contributed by atoms with E-state index in [1.807, 2.05) is 43.3 Å². The maximum absolute atomic E-state index is 13.0. The number of para-hydroxylation sites is 1. The number of aromatic nitrogens is 3. The van der Waals surface area contributed by atoms with Gasteiger partial charge in [0.15, 0.2) is 0 Å². The summed E-state index contributed by atoms with van der Waals surface area (Å²) < 4.78 is 5.41. The van der Waals surface area contributed by atoms with E-state index in [0.717, 1.165) is 27.8 Å². The lowest BCUT2D eigenvalue weighted by Gasteiger charge is -2.17. The van der Waals surface area contributed by atoms with Gasteiger partial charge in [0.25, 0.3) is 5.91 Å². The summed E-state index contributed by atoms with van der Waals surface area (Å²) in [6, 6.07) is 14.8. The fourth-order valence-electron chi connectivity index (χ4n) is 3.33. The predicted octanol–water partition coefficient (Wildman–Crippen LogP) is 4.19. The molecule has 0 saturated heterocycles. The van der Waals surface area contributed by atoms with Crippen LogP contribution in [0.4, 0.5) is 0 Å². The minimum absolute atomic E-state index is 0.238. The highest BCUT2D eigenvalue weighted by atomic mass is 16.5. The van der Waals surface area contributed by atoms with Crippen molar-refractivity contribution in [2.45, 2.75) is 13.0 Å². The lowest BCUT2D eigenvalue weighted by molar-refractivity contribution is 0.0935. The molecule has 0 aliphatic heterocycles. The lowest BCUT2D eigenvalue weighted by atomic mass is 10.0. The zero-order chi connectivity index (χ0) is 20.2. The second-order valence-corrected chi connectivity index (χ2v) is 6.62. The van der Waals surface area contributed by atoms with Crippen LogP contribution >= 0.6 is 0 Å². The Hall–Kier alpha value is -3.80. The van der Waals surface area contributed by atoms with E-state index in [9.17, 15) is 4.79 Å². The van der Waals surface area contributed by atoms with Crippen LogP contribution in [0.3, 0.4) is 0 Å². The molecule has 3 aromatic heterocycles. The second-order valence-electron chi connectivity index (χ2n) is 6.62. The third kappa shape index (κ3) is 3.78. The van der Waals surface area contributed by atoms with E-state index in [1.54, 1.807) is 44.0 Å². The summed E-state index contributed by atoms with van der Waals surface area (Å²) in [7, 11) is 1.62. The number of pyridine rings is 3. The number of carbonyl (C=O) groups excluding carboxylic acids is 1. The van der Waals surface area contributed by atoms with Gasteiger partial charge in [-0.25, -0.2) is 4.98 Å².